The topological polar surface area (TPSA) is 86.3 Å². The van der Waals surface area contributed by atoms with Crippen LogP contribution in [0.25, 0.3) is 0 Å². The van der Waals surface area contributed by atoms with Gasteiger partial charge < -0.3 is 9.87 Å². The van der Waals surface area contributed by atoms with E-state index in [0.717, 1.165) is 12.0 Å². The number of amides is 1. The predicted octanol–water partition coefficient (Wildman–Crippen LogP) is -1.12. The van der Waals surface area contributed by atoms with Crippen LogP contribution in [0.4, 0.5) is 0 Å². The Labute approximate surface area is 164 Å². The van der Waals surface area contributed by atoms with Crippen LogP contribution in [-0.2, 0) is 27.8 Å². The van der Waals surface area contributed by atoms with Gasteiger partial charge in [-0.1, -0.05) is 42.5 Å². The molecule has 0 fully saturated rings. The zero-order chi connectivity index (χ0) is 16.9. The predicted molar refractivity (Wildman–Crippen MR) is 85.9 cm³/mol. The van der Waals surface area contributed by atoms with Gasteiger partial charge in [0.1, 0.15) is 10.1 Å². The molecule has 2 aromatic rings. The molecule has 0 heterocycles. The van der Waals surface area contributed by atoms with Crippen LogP contribution in [0.2, 0.25) is 0 Å². The van der Waals surface area contributed by atoms with E-state index < -0.39 is 10.1 Å². The third-order valence-electron chi connectivity index (χ3n) is 3.37. The van der Waals surface area contributed by atoms with Gasteiger partial charge in [0.15, 0.2) is 0 Å². The smallest absolute Gasteiger partial charge is 0.744 e. The van der Waals surface area contributed by atoms with Gasteiger partial charge in [0.2, 0.25) is 5.91 Å². The maximum Gasteiger partial charge on any atom is 1.00 e. The molecule has 0 saturated heterocycles. The molecular weight excluding hydrogens is 337 g/mol. The van der Waals surface area contributed by atoms with Crippen molar-refractivity contribution in [3.63, 3.8) is 0 Å². The van der Waals surface area contributed by atoms with Crippen LogP contribution in [0.3, 0.4) is 0 Å². The molecule has 1 unspecified atom stereocenters. The molecule has 0 aliphatic carbocycles. The number of benzene rings is 2. The molecule has 0 saturated carbocycles. The van der Waals surface area contributed by atoms with Gasteiger partial charge in [-0.15, -0.1) is 0 Å². The van der Waals surface area contributed by atoms with E-state index >= 15 is 0 Å². The molecule has 2 aromatic carbocycles. The fourth-order valence-corrected chi connectivity index (χ4v) is 2.77. The molecule has 2 rings (SSSR count). The summed E-state index contributed by atoms with van der Waals surface area (Å²) in [4.78, 5) is 11.7. The third-order valence-corrected chi connectivity index (χ3v) is 4.22. The molecule has 1 atom stereocenters. The molecule has 0 spiro atoms. The fourth-order valence-electron chi connectivity index (χ4n) is 2.30. The summed E-state index contributed by atoms with van der Waals surface area (Å²) in [5.41, 5.74) is 1.80. The van der Waals surface area contributed by atoms with Gasteiger partial charge in [-0.2, -0.15) is 0 Å². The van der Waals surface area contributed by atoms with Gasteiger partial charge in [-0.05, 0) is 36.6 Å². The maximum absolute atomic E-state index is 12.0. The second-order valence-corrected chi connectivity index (χ2v) is 6.81. The normalized spacial score (nSPS) is 12.1. The largest absolute Gasteiger partial charge is 1.00 e. The summed E-state index contributed by atoms with van der Waals surface area (Å²) in [5, 5.41) is 2.90. The Morgan fingerprint density at radius 1 is 1.04 bits per heavy atom. The first kappa shape index (κ1) is 20.9. The van der Waals surface area contributed by atoms with Crippen LogP contribution < -0.4 is 34.9 Å². The fraction of sp³-hybridized carbons (Fsp3) is 0.235. The Morgan fingerprint density at radius 2 is 1.62 bits per heavy atom. The minimum absolute atomic E-state index is 0. The molecule has 7 heteroatoms. The van der Waals surface area contributed by atoms with Crippen molar-refractivity contribution in [2.75, 3.05) is 0 Å². The first-order valence-corrected chi connectivity index (χ1v) is 8.63. The van der Waals surface area contributed by atoms with Crippen molar-refractivity contribution in [1.29, 1.82) is 0 Å². The zero-order valence-electron chi connectivity index (χ0n) is 13.7. The zero-order valence-corrected chi connectivity index (χ0v) is 16.5. The summed E-state index contributed by atoms with van der Waals surface area (Å²) in [6, 6.07) is 15.2. The van der Waals surface area contributed by atoms with Crippen molar-refractivity contribution < 1.29 is 47.3 Å². The Hall–Kier alpha value is -1.18. The van der Waals surface area contributed by atoms with E-state index in [4.69, 9.17) is 0 Å². The van der Waals surface area contributed by atoms with E-state index in [1.54, 1.807) is 0 Å². The molecule has 1 N–H and O–H groups in total. The summed E-state index contributed by atoms with van der Waals surface area (Å²) in [5.74, 6) is -0.147. The number of hydrogen-bond donors (Lipinski definition) is 1. The van der Waals surface area contributed by atoms with Crippen LogP contribution >= 0.6 is 0 Å². The molecule has 0 radical (unpaired) electrons. The van der Waals surface area contributed by atoms with Crippen LogP contribution in [0.5, 0.6) is 0 Å². The molecule has 0 bridgehead atoms. The minimum atomic E-state index is -4.45. The Bertz CT molecular complexity index is 761. The van der Waals surface area contributed by atoms with Crippen molar-refractivity contribution in [2.24, 2.45) is 0 Å². The Morgan fingerprint density at radius 3 is 2.17 bits per heavy atom. The Kier molecular flexibility index (Phi) is 8.12. The summed E-state index contributed by atoms with van der Waals surface area (Å²) < 4.78 is 32.6. The van der Waals surface area contributed by atoms with Crippen LogP contribution in [0.1, 0.15) is 18.1 Å². The number of hydrogen-bond acceptors (Lipinski definition) is 4. The van der Waals surface area contributed by atoms with Gasteiger partial charge in [0, 0.05) is 6.04 Å². The molecule has 5 nitrogen and oxygen atoms in total. The molecular formula is C17H18NNaO4S. The summed E-state index contributed by atoms with van der Waals surface area (Å²) in [7, 11) is -4.45. The average molecular weight is 355 g/mol. The van der Waals surface area contributed by atoms with E-state index in [9.17, 15) is 17.8 Å². The van der Waals surface area contributed by atoms with Gasteiger partial charge in [-0.25, -0.2) is 8.42 Å². The van der Waals surface area contributed by atoms with Gasteiger partial charge in [-0.3, -0.25) is 4.79 Å². The molecule has 0 aliphatic rings. The number of nitrogens with one attached hydrogen (secondary N) is 1. The summed E-state index contributed by atoms with van der Waals surface area (Å²) in [6.45, 7) is 1.93. The number of rotatable bonds is 6. The average Bonchev–Trinajstić information content (AvgIpc) is 2.47. The number of carbonyl (C=O) groups excluding carboxylic acids is 1. The molecule has 0 aliphatic heterocycles. The SMILES string of the molecule is CC(Cc1ccccc1)NC(=O)Cc1ccc(S(=O)(=O)[O-])cc1.[Na+]. The van der Waals surface area contributed by atoms with E-state index in [2.05, 4.69) is 5.32 Å². The first-order valence-electron chi connectivity index (χ1n) is 7.23. The molecule has 24 heavy (non-hydrogen) atoms. The quantitative estimate of drug-likeness (QED) is 0.526. The van der Waals surface area contributed by atoms with Gasteiger partial charge >= 0.3 is 29.6 Å². The third kappa shape index (κ3) is 6.75. The maximum atomic E-state index is 12.0. The number of carbonyl (C=O) groups is 1. The monoisotopic (exact) mass is 355 g/mol. The van der Waals surface area contributed by atoms with Crippen LogP contribution in [0, 0.1) is 0 Å². The van der Waals surface area contributed by atoms with Crippen molar-refractivity contribution in [1.82, 2.24) is 5.32 Å². The molecule has 122 valence electrons. The minimum Gasteiger partial charge on any atom is -0.744 e. The first-order chi connectivity index (χ1) is 10.8. The van der Waals surface area contributed by atoms with Gasteiger partial charge in [0.25, 0.3) is 0 Å². The molecule has 0 aromatic heterocycles. The standard InChI is InChI=1S/C17H19NO4S.Na/c1-13(11-14-5-3-2-4-6-14)18-17(19)12-15-7-9-16(10-8-15)23(20,21)22;/h2-10,13H,11-12H2,1H3,(H,18,19)(H,20,21,22);/q;+1/p-1. The van der Waals surface area contributed by atoms with Crippen molar-refractivity contribution >= 4 is 16.0 Å². The van der Waals surface area contributed by atoms with E-state index in [1.807, 2.05) is 37.3 Å². The van der Waals surface area contributed by atoms with E-state index in [-0.39, 0.29) is 52.8 Å². The molecule has 1 amide bonds. The van der Waals surface area contributed by atoms with Crippen molar-refractivity contribution in [2.45, 2.75) is 30.7 Å². The van der Waals surface area contributed by atoms with Crippen LogP contribution in [-0.4, -0.2) is 24.9 Å². The summed E-state index contributed by atoms with van der Waals surface area (Å²) in [6.07, 6.45) is 0.873. The van der Waals surface area contributed by atoms with E-state index in [0.29, 0.717) is 5.56 Å². The van der Waals surface area contributed by atoms with Crippen molar-refractivity contribution in [3.8, 4) is 0 Å². The second-order valence-electron chi connectivity index (χ2n) is 5.43. The van der Waals surface area contributed by atoms with Crippen LogP contribution in [0.15, 0.2) is 59.5 Å². The Balaban J connectivity index is 0.00000288. The van der Waals surface area contributed by atoms with Gasteiger partial charge in [0.05, 0.1) is 11.3 Å². The summed E-state index contributed by atoms with van der Waals surface area (Å²) >= 11 is 0. The second kappa shape index (κ2) is 9.34. The van der Waals surface area contributed by atoms with Crippen molar-refractivity contribution in [3.05, 3.63) is 65.7 Å². The van der Waals surface area contributed by atoms with E-state index in [1.165, 1.54) is 24.3 Å².